The van der Waals surface area contributed by atoms with Crippen LogP contribution in [0, 0.1) is 13.8 Å². The maximum absolute atomic E-state index is 12.7. The van der Waals surface area contributed by atoms with Gasteiger partial charge in [0.15, 0.2) is 5.11 Å². The SMILES string of the molecule is Cc1ccc(NC(=S)NCc2cccc(C(=O)N3CCCCC3)c2)c(C)c1. The summed E-state index contributed by atoms with van der Waals surface area (Å²) in [4.78, 5) is 14.6. The lowest BCUT2D eigenvalue weighted by Crippen LogP contribution is -2.35. The van der Waals surface area contributed by atoms with Crippen molar-refractivity contribution in [3.05, 3.63) is 64.7 Å². The van der Waals surface area contributed by atoms with Crippen molar-refractivity contribution in [2.75, 3.05) is 18.4 Å². The number of rotatable bonds is 4. The number of nitrogens with zero attached hydrogens (tertiary/aromatic N) is 1. The summed E-state index contributed by atoms with van der Waals surface area (Å²) < 4.78 is 0. The van der Waals surface area contributed by atoms with Crippen molar-refractivity contribution in [1.82, 2.24) is 10.2 Å². The quantitative estimate of drug-likeness (QED) is 0.770. The first-order valence-electron chi connectivity index (χ1n) is 9.53. The predicted octanol–water partition coefficient (Wildman–Crippen LogP) is 4.42. The van der Waals surface area contributed by atoms with Gasteiger partial charge >= 0.3 is 0 Å². The Kier molecular flexibility index (Phi) is 6.45. The molecule has 5 heteroatoms. The smallest absolute Gasteiger partial charge is 0.253 e. The van der Waals surface area contributed by atoms with E-state index in [1.165, 1.54) is 12.0 Å². The lowest BCUT2D eigenvalue weighted by Gasteiger charge is -2.26. The van der Waals surface area contributed by atoms with E-state index >= 15 is 0 Å². The highest BCUT2D eigenvalue weighted by molar-refractivity contribution is 7.80. The Labute approximate surface area is 167 Å². The van der Waals surface area contributed by atoms with E-state index in [9.17, 15) is 4.79 Å². The van der Waals surface area contributed by atoms with Gasteiger partial charge in [-0.2, -0.15) is 0 Å². The largest absolute Gasteiger partial charge is 0.358 e. The van der Waals surface area contributed by atoms with E-state index in [-0.39, 0.29) is 5.91 Å². The Morgan fingerprint density at radius 3 is 2.59 bits per heavy atom. The zero-order valence-electron chi connectivity index (χ0n) is 16.0. The maximum Gasteiger partial charge on any atom is 0.253 e. The first-order chi connectivity index (χ1) is 13.0. The normalized spacial score (nSPS) is 13.9. The van der Waals surface area contributed by atoms with Crippen molar-refractivity contribution in [2.24, 2.45) is 0 Å². The number of carbonyl (C=O) groups is 1. The highest BCUT2D eigenvalue weighted by Crippen LogP contribution is 2.16. The van der Waals surface area contributed by atoms with Gasteiger partial charge in [0.1, 0.15) is 0 Å². The summed E-state index contributed by atoms with van der Waals surface area (Å²) in [6.45, 7) is 6.45. The minimum absolute atomic E-state index is 0.132. The number of hydrogen-bond donors (Lipinski definition) is 2. The van der Waals surface area contributed by atoms with E-state index < -0.39 is 0 Å². The van der Waals surface area contributed by atoms with E-state index in [1.807, 2.05) is 35.2 Å². The van der Waals surface area contributed by atoms with Crippen molar-refractivity contribution >= 4 is 28.9 Å². The molecule has 0 aromatic heterocycles. The van der Waals surface area contributed by atoms with Crippen LogP contribution >= 0.6 is 12.2 Å². The lowest BCUT2D eigenvalue weighted by atomic mass is 10.1. The van der Waals surface area contributed by atoms with Gasteiger partial charge < -0.3 is 15.5 Å². The third-order valence-electron chi connectivity index (χ3n) is 4.90. The highest BCUT2D eigenvalue weighted by atomic mass is 32.1. The second-order valence-corrected chi connectivity index (χ2v) is 7.59. The molecule has 0 radical (unpaired) electrons. The number of benzene rings is 2. The molecule has 27 heavy (non-hydrogen) atoms. The van der Waals surface area contributed by atoms with Crippen LogP contribution in [0.3, 0.4) is 0 Å². The molecule has 1 heterocycles. The molecule has 0 aliphatic carbocycles. The maximum atomic E-state index is 12.7. The summed E-state index contributed by atoms with van der Waals surface area (Å²) >= 11 is 5.42. The van der Waals surface area contributed by atoms with E-state index in [0.717, 1.165) is 48.3 Å². The van der Waals surface area contributed by atoms with Crippen molar-refractivity contribution < 1.29 is 4.79 Å². The Hall–Kier alpha value is -2.40. The molecule has 2 N–H and O–H groups in total. The molecule has 2 aromatic rings. The van der Waals surface area contributed by atoms with Gasteiger partial charge in [-0.25, -0.2) is 0 Å². The second kappa shape index (κ2) is 9.00. The molecule has 3 rings (SSSR count). The van der Waals surface area contributed by atoms with Crippen LogP contribution in [0.4, 0.5) is 5.69 Å². The van der Waals surface area contributed by atoms with Gasteiger partial charge in [0.2, 0.25) is 0 Å². The third kappa shape index (κ3) is 5.30. The van der Waals surface area contributed by atoms with Crippen LogP contribution in [0.15, 0.2) is 42.5 Å². The molecule has 0 atom stereocenters. The molecule has 0 bridgehead atoms. The number of nitrogens with one attached hydrogen (secondary N) is 2. The Morgan fingerprint density at radius 1 is 1.07 bits per heavy atom. The summed E-state index contributed by atoms with van der Waals surface area (Å²) in [5.41, 5.74) is 5.19. The molecule has 142 valence electrons. The number of anilines is 1. The number of aryl methyl sites for hydroxylation is 2. The zero-order chi connectivity index (χ0) is 19.2. The van der Waals surface area contributed by atoms with E-state index in [2.05, 4.69) is 36.6 Å². The standard InChI is InChI=1S/C22H27N3OS/c1-16-9-10-20(17(2)13-16)24-22(27)23-15-18-7-6-8-19(14-18)21(26)25-11-4-3-5-12-25/h6-10,13-14H,3-5,11-12,15H2,1-2H3,(H2,23,24,27). The average molecular weight is 382 g/mol. The van der Waals surface area contributed by atoms with Crippen LogP contribution < -0.4 is 10.6 Å². The van der Waals surface area contributed by atoms with Gasteiger partial charge in [-0.05, 0) is 74.7 Å². The summed E-state index contributed by atoms with van der Waals surface area (Å²) in [6, 6.07) is 14.0. The van der Waals surface area contributed by atoms with E-state index in [4.69, 9.17) is 12.2 Å². The van der Waals surface area contributed by atoms with Crippen LogP contribution in [0.2, 0.25) is 0 Å². The van der Waals surface area contributed by atoms with Crippen LogP contribution in [0.25, 0.3) is 0 Å². The molecule has 1 aliphatic heterocycles. The van der Waals surface area contributed by atoms with Gasteiger partial charge in [-0.15, -0.1) is 0 Å². The number of likely N-dealkylation sites (tertiary alicyclic amines) is 1. The van der Waals surface area contributed by atoms with Crippen molar-refractivity contribution in [2.45, 2.75) is 39.7 Å². The van der Waals surface area contributed by atoms with Crippen LogP contribution in [0.5, 0.6) is 0 Å². The van der Waals surface area contributed by atoms with Crippen molar-refractivity contribution in [3.8, 4) is 0 Å². The topological polar surface area (TPSA) is 44.4 Å². The fraction of sp³-hybridized carbons (Fsp3) is 0.364. The third-order valence-corrected chi connectivity index (χ3v) is 5.15. The van der Waals surface area contributed by atoms with Gasteiger partial charge in [-0.3, -0.25) is 4.79 Å². The van der Waals surface area contributed by atoms with Gasteiger partial charge in [0.05, 0.1) is 0 Å². The molecule has 1 fully saturated rings. The lowest BCUT2D eigenvalue weighted by molar-refractivity contribution is 0.0724. The predicted molar refractivity (Wildman–Crippen MR) is 115 cm³/mol. The number of carbonyl (C=O) groups excluding carboxylic acids is 1. The Morgan fingerprint density at radius 2 is 1.85 bits per heavy atom. The average Bonchev–Trinajstić information content (AvgIpc) is 2.69. The summed E-state index contributed by atoms with van der Waals surface area (Å²) in [5, 5.41) is 7.05. The van der Waals surface area contributed by atoms with Gasteiger partial charge in [0.25, 0.3) is 5.91 Å². The Balaban J connectivity index is 1.57. The molecule has 0 spiro atoms. The van der Waals surface area contributed by atoms with Crippen molar-refractivity contribution in [3.63, 3.8) is 0 Å². The number of piperidine rings is 1. The molecular weight excluding hydrogens is 354 g/mol. The van der Waals surface area contributed by atoms with Gasteiger partial charge in [-0.1, -0.05) is 29.8 Å². The van der Waals surface area contributed by atoms with Gasteiger partial charge in [0, 0.05) is 30.9 Å². The van der Waals surface area contributed by atoms with E-state index in [1.54, 1.807) is 0 Å². The molecule has 0 saturated carbocycles. The minimum Gasteiger partial charge on any atom is -0.358 e. The van der Waals surface area contributed by atoms with Crippen LogP contribution in [-0.2, 0) is 6.54 Å². The van der Waals surface area contributed by atoms with Crippen molar-refractivity contribution in [1.29, 1.82) is 0 Å². The summed E-state index contributed by atoms with van der Waals surface area (Å²) in [7, 11) is 0. The molecule has 1 saturated heterocycles. The fourth-order valence-electron chi connectivity index (χ4n) is 3.40. The van der Waals surface area contributed by atoms with Crippen LogP contribution in [-0.4, -0.2) is 29.0 Å². The minimum atomic E-state index is 0.132. The first kappa shape index (κ1) is 19.4. The summed E-state index contributed by atoms with van der Waals surface area (Å²) in [6.07, 6.45) is 3.43. The molecule has 1 amide bonds. The van der Waals surface area contributed by atoms with E-state index in [0.29, 0.717) is 11.7 Å². The molecule has 4 nitrogen and oxygen atoms in total. The highest BCUT2D eigenvalue weighted by Gasteiger charge is 2.18. The monoisotopic (exact) mass is 381 g/mol. The first-order valence-corrected chi connectivity index (χ1v) is 9.94. The zero-order valence-corrected chi connectivity index (χ0v) is 16.9. The second-order valence-electron chi connectivity index (χ2n) is 7.18. The molecular formula is C22H27N3OS. The Bertz CT molecular complexity index is 828. The number of amides is 1. The fourth-order valence-corrected chi connectivity index (χ4v) is 3.58. The van der Waals surface area contributed by atoms with Crippen LogP contribution in [0.1, 0.15) is 46.3 Å². The number of thiocarbonyl (C=S) groups is 1. The molecule has 0 unspecified atom stereocenters. The molecule has 1 aliphatic rings. The molecule has 2 aromatic carbocycles. The summed E-state index contributed by atoms with van der Waals surface area (Å²) in [5.74, 6) is 0.132. The number of hydrogen-bond acceptors (Lipinski definition) is 2.